The van der Waals surface area contributed by atoms with Crippen LogP contribution >= 0.6 is 12.4 Å². The molecule has 150 valence electrons. The molecule has 2 aromatic carbocycles. The fourth-order valence-electron chi connectivity index (χ4n) is 3.18. The minimum Gasteiger partial charge on any atom is -0.399 e. The fourth-order valence-corrected chi connectivity index (χ4v) is 3.18. The normalized spacial score (nSPS) is 13.8. The molecule has 0 aliphatic carbocycles. The molecule has 0 unspecified atom stereocenters. The lowest BCUT2D eigenvalue weighted by Gasteiger charge is -2.35. The average Bonchev–Trinajstić information content (AvgIpc) is 2.67. The number of hydrogen-bond donors (Lipinski definition) is 1. The number of carbonyl (C=O) groups is 2. The van der Waals surface area contributed by atoms with E-state index in [1.807, 2.05) is 18.2 Å². The van der Waals surface area contributed by atoms with E-state index in [0.717, 1.165) is 17.7 Å². The van der Waals surface area contributed by atoms with Gasteiger partial charge in [-0.15, -0.1) is 12.4 Å². The summed E-state index contributed by atoms with van der Waals surface area (Å²) in [6, 6.07) is 10.8. The van der Waals surface area contributed by atoms with Crippen LogP contribution < -0.4 is 5.73 Å². The van der Waals surface area contributed by atoms with Gasteiger partial charge in [0.15, 0.2) is 0 Å². The second-order valence-electron chi connectivity index (χ2n) is 6.47. The van der Waals surface area contributed by atoms with Gasteiger partial charge in [-0.3, -0.25) is 9.59 Å². The number of hydrogen-bond acceptors (Lipinski definition) is 3. The maximum absolute atomic E-state index is 13.8. The lowest BCUT2D eigenvalue weighted by Crippen LogP contribution is -2.51. The van der Waals surface area contributed by atoms with Crippen LogP contribution in [0, 0.1) is 11.6 Å². The summed E-state index contributed by atoms with van der Waals surface area (Å²) in [6.07, 6.45) is 0.870. The zero-order chi connectivity index (χ0) is 19.4. The maximum atomic E-state index is 13.8. The van der Waals surface area contributed by atoms with E-state index in [0.29, 0.717) is 31.6 Å². The molecule has 28 heavy (non-hydrogen) atoms. The Hall–Kier alpha value is -2.67. The second-order valence-corrected chi connectivity index (χ2v) is 6.47. The highest BCUT2D eigenvalue weighted by Gasteiger charge is 2.28. The molecule has 8 heteroatoms. The summed E-state index contributed by atoms with van der Waals surface area (Å²) in [5.74, 6) is -2.46. The van der Waals surface area contributed by atoms with Crippen LogP contribution in [-0.4, -0.2) is 47.8 Å². The van der Waals surface area contributed by atoms with E-state index in [1.54, 1.807) is 11.0 Å². The van der Waals surface area contributed by atoms with E-state index < -0.39 is 23.1 Å². The summed E-state index contributed by atoms with van der Waals surface area (Å²) in [6.45, 7) is 1.16. The van der Waals surface area contributed by atoms with Gasteiger partial charge >= 0.3 is 0 Å². The molecule has 5 nitrogen and oxygen atoms in total. The topological polar surface area (TPSA) is 66.6 Å². The SMILES string of the molecule is Cl.Nc1ccccc1CCC(=O)N1CCN(C(=O)c2c(F)cccc2F)CC1. The number of amides is 2. The summed E-state index contributed by atoms with van der Waals surface area (Å²) in [5, 5.41) is 0. The number of para-hydroxylation sites is 1. The largest absolute Gasteiger partial charge is 0.399 e. The molecule has 2 N–H and O–H groups in total. The maximum Gasteiger partial charge on any atom is 0.259 e. The number of halogens is 3. The van der Waals surface area contributed by atoms with Gasteiger partial charge in [-0.2, -0.15) is 0 Å². The van der Waals surface area contributed by atoms with Crippen molar-refractivity contribution in [3.05, 3.63) is 65.2 Å². The van der Waals surface area contributed by atoms with Crippen molar-refractivity contribution in [1.82, 2.24) is 9.80 Å². The average molecular weight is 410 g/mol. The lowest BCUT2D eigenvalue weighted by atomic mass is 10.1. The molecule has 0 saturated carbocycles. The minimum absolute atomic E-state index is 0. The molecule has 2 aromatic rings. The zero-order valence-electron chi connectivity index (χ0n) is 15.2. The number of benzene rings is 2. The van der Waals surface area contributed by atoms with Crippen molar-refractivity contribution in [3.63, 3.8) is 0 Å². The first kappa shape index (κ1) is 21.6. The van der Waals surface area contributed by atoms with Crippen molar-refractivity contribution in [2.45, 2.75) is 12.8 Å². The predicted octanol–water partition coefficient (Wildman–Crippen LogP) is 2.89. The van der Waals surface area contributed by atoms with E-state index in [1.165, 1.54) is 11.0 Å². The predicted molar refractivity (Wildman–Crippen MR) is 105 cm³/mol. The minimum atomic E-state index is -0.876. The second kappa shape index (κ2) is 9.50. The molecule has 0 atom stereocenters. The summed E-state index contributed by atoms with van der Waals surface area (Å²) in [7, 11) is 0. The standard InChI is InChI=1S/C20H21F2N3O2.ClH/c21-15-5-3-6-16(22)19(15)20(27)25-12-10-24(11-13-25)18(26)9-8-14-4-1-2-7-17(14)23;/h1-7H,8-13,23H2;1H. The van der Waals surface area contributed by atoms with Crippen molar-refractivity contribution in [2.75, 3.05) is 31.9 Å². The number of nitrogens with zero attached hydrogens (tertiary/aromatic N) is 2. The molecule has 1 fully saturated rings. The number of anilines is 1. The third kappa shape index (κ3) is 4.78. The van der Waals surface area contributed by atoms with Crippen molar-refractivity contribution in [1.29, 1.82) is 0 Å². The molecule has 1 heterocycles. The monoisotopic (exact) mass is 409 g/mol. The van der Waals surface area contributed by atoms with Gasteiger partial charge in [0.1, 0.15) is 17.2 Å². The Morgan fingerprint density at radius 2 is 1.46 bits per heavy atom. The van der Waals surface area contributed by atoms with Crippen molar-refractivity contribution < 1.29 is 18.4 Å². The first-order chi connectivity index (χ1) is 13.0. The van der Waals surface area contributed by atoms with Gasteiger partial charge < -0.3 is 15.5 Å². The summed E-state index contributed by atoms with van der Waals surface area (Å²) in [5.41, 5.74) is 6.93. The smallest absolute Gasteiger partial charge is 0.259 e. The third-order valence-electron chi connectivity index (χ3n) is 4.76. The quantitative estimate of drug-likeness (QED) is 0.789. The van der Waals surface area contributed by atoms with Crippen LogP contribution in [0.4, 0.5) is 14.5 Å². The molecule has 1 aliphatic rings. The Labute approximate surface area is 168 Å². The van der Waals surface area contributed by atoms with E-state index >= 15 is 0 Å². The Balaban J connectivity index is 0.00000280. The number of piperazine rings is 1. The molecule has 0 radical (unpaired) electrons. The van der Waals surface area contributed by atoms with Crippen molar-refractivity contribution in [2.24, 2.45) is 0 Å². The zero-order valence-corrected chi connectivity index (χ0v) is 16.1. The van der Waals surface area contributed by atoms with Gasteiger partial charge in [0, 0.05) is 38.3 Å². The molecule has 3 rings (SSSR count). The first-order valence-corrected chi connectivity index (χ1v) is 8.82. The molecule has 0 aromatic heterocycles. The molecule has 1 saturated heterocycles. The van der Waals surface area contributed by atoms with Gasteiger partial charge in [0.2, 0.25) is 5.91 Å². The highest BCUT2D eigenvalue weighted by atomic mass is 35.5. The van der Waals surface area contributed by atoms with Gasteiger partial charge in [0.25, 0.3) is 5.91 Å². The molecular weight excluding hydrogens is 388 g/mol. The van der Waals surface area contributed by atoms with Crippen LogP contribution in [-0.2, 0) is 11.2 Å². The Morgan fingerprint density at radius 3 is 2.07 bits per heavy atom. The summed E-state index contributed by atoms with van der Waals surface area (Å²) >= 11 is 0. The van der Waals surface area contributed by atoms with Crippen LogP contribution in [0.2, 0.25) is 0 Å². The first-order valence-electron chi connectivity index (χ1n) is 8.82. The van der Waals surface area contributed by atoms with E-state index in [4.69, 9.17) is 5.73 Å². The number of carbonyl (C=O) groups excluding carboxylic acids is 2. The van der Waals surface area contributed by atoms with Crippen LogP contribution in [0.1, 0.15) is 22.3 Å². The number of nitrogens with two attached hydrogens (primary N) is 1. The van der Waals surface area contributed by atoms with Crippen LogP contribution in [0.25, 0.3) is 0 Å². The molecule has 1 aliphatic heterocycles. The number of aryl methyl sites for hydroxylation is 1. The summed E-state index contributed by atoms with van der Waals surface area (Å²) in [4.78, 5) is 27.8. The lowest BCUT2D eigenvalue weighted by molar-refractivity contribution is -0.132. The highest BCUT2D eigenvalue weighted by Crippen LogP contribution is 2.17. The van der Waals surface area contributed by atoms with Gasteiger partial charge in [0.05, 0.1) is 0 Å². The Kier molecular flexibility index (Phi) is 7.34. The molecular formula is C20H22ClF2N3O2. The third-order valence-corrected chi connectivity index (χ3v) is 4.76. The summed E-state index contributed by atoms with van der Waals surface area (Å²) < 4.78 is 27.6. The van der Waals surface area contributed by atoms with Crippen LogP contribution in [0.3, 0.4) is 0 Å². The van der Waals surface area contributed by atoms with Crippen molar-refractivity contribution in [3.8, 4) is 0 Å². The highest BCUT2D eigenvalue weighted by molar-refractivity contribution is 5.95. The fraction of sp³-hybridized carbons (Fsp3) is 0.300. The van der Waals surface area contributed by atoms with E-state index in [9.17, 15) is 18.4 Å². The molecule has 0 bridgehead atoms. The molecule has 2 amide bonds. The number of rotatable bonds is 4. The van der Waals surface area contributed by atoms with E-state index in [2.05, 4.69) is 0 Å². The van der Waals surface area contributed by atoms with Crippen molar-refractivity contribution >= 4 is 29.9 Å². The number of nitrogen functional groups attached to an aromatic ring is 1. The Bertz CT molecular complexity index is 835. The van der Waals surface area contributed by atoms with E-state index in [-0.39, 0.29) is 31.4 Å². The molecule has 0 spiro atoms. The van der Waals surface area contributed by atoms with Gasteiger partial charge in [-0.05, 0) is 30.2 Å². The van der Waals surface area contributed by atoms with Gasteiger partial charge in [-0.1, -0.05) is 24.3 Å². The van der Waals surface area contributed by atoms with Gasteiger partial charge in [-0.25, -0.2) is 8.78 Å². The Morgan fingerprint density at radius 1 is 0.893 bits per heavy atom. The van der Waals surface area contributed by atoms with Crippen LogP contribution in [0.15, 0.2) is 42.5 Å². The van der Waals surface area contributed by atoms with Crippen LogP contribution in [0.5, 0.6) is 0 Å².